The topological polar surface area (TPSA) is 72.7 Å². The van der Waals surface area contributed by atoms with Crippen molar-refractivity contribution in [3.63, 3.8) is 0 Å². The molecule has 3 rings (SSSR count). The number of rotatable bonds is 4. The molecule has 1 aromatic heterocycles. The number of nitrogens with zero attached hydrogens (tertiary/aromatic N) is 4. The zero-order valence-corrected chi connectivity index (χ0v) is 12.5. The number of carbonyl (C=O) groups excluding carboxylic acids is 1. The highest BCUT2D eigenvalue weighted by molar-refractivity contribution is 6.30. The Kier molecular flexibility index (Phi) is 4.29. The molecule has 3 aromatic rings. The first kappa shape index (κ1) is 15.1. The molecule has 0 radical (unpaired) electrons. The summed E-state index contributed by atoms with van der Waals surface area (Å²) in [6.45, 7) is -0.140. The molecule has 0 bridgehead atoms. The first-order valence-corrected chi connectivity index (χ1v) is 7.08. The molecule has 1 amide bonds. The zero-order valence-electron chi connectivity index (χ0n) is 11.8. The Morgan fingerprint density at radius 2 is 1.91 bits per heavy atom. The van der Waals surface area contributed by atoms with Crippen molar-refractivity contribution >= 4 is 23.2 Å². The van der Waals surface area contributed by atoms with Crippen molar-refractivity contribution in [3.8, 4) is 11.4 Å². The summed E-state index contributed by atoms with van der Waals surface area (Å²) in [5.74, 6) is -0.515. The number of hydrogen-bond acceptors (Lipinski definition) is 4. The number of tetrazole rings is 1. The summed E-state index contributed by atoms with van der Waals surface area (Å²) in [5.41, 5.74) is 0.830. The third-order valence-electron chi connectivity index (χ3n) is 3.08. The van der Waals surface area contributed by atoms with Gasteiger partial charge in [-0.15, -0.1) is 5.10 Å². The Labute approximate surface area is 135 Å². The lowest BCUT2D eigenvalue weighted by molar-refractivity contribution is -0.116. The van der Waals surface area contributed by atoms with Gasteiger partial charge in [0.05, 0.1) is 5.69 Å². The minimum Gasteiger partial charge on any atom is -0.322 e. The van der Waals surface area contributed by atoms with E-state index >= 15 is 0 Å². The van der Waals surface area contributed by atoms with Gasteiger partial charge < -0.3 is 5.32 Å². The summed E-state index contributed by atoms with van der Waals surface area (Å²) in [6, 6.07) is 12.8. The molecule has 0 fully saturated rings. The van der Waals surface area contributed by atoms with Crippen LogP contribution in [0.1, 0.15) is 0 Å². The highest BCUT2D eigenvalue weighted by Crippen LogP contribution is 2.19. The molecule has 0 saturated carbocycles. The second-order valence-electron chi connectivity index (χ2n) is 4.70. The molecular weight excluding hydrogens is 321 g/mol. The molecule has 23 heavy (non-hydrogen) atoms. The Morgan fingerprint density at radius 1 is 1.17 bits per heavy atom. The van der Waals surface area contributed by atoms with Crippen LogP contribution < -0.4 is 5.32 Å². The number of para-hydroxylation sites is 1. The van der Waals surface area contributed by atoms with Crippen LogP contribution in [-0.2, 0) is 11.3 Å². The smallest absolute Gasteiger partial charge is 0.246 e. The maximum absolute atomic E-state index is 13.5. The summed E-state index contributed by atoms with van der Waals surface area (Å²) < 4.78 is 14.9. The van der Waals surface area contributed by atoms with Gasteiger partial charge in [-0.05, 0) is 46.8 Å². The number of amides is 1. The zero-order chi connectivity index (χ0) is 16.2. The summed E-state index contributed by atoms with van der Waals surface area (Å²) in [5, 5.41) is 14.3. The fraction of sp³-hybridized carbons (Fsp3) is 0.0667. The first-order chi connectivity index (χ1) is 11.1. The van der Waals surface area contributed by atoms with E-state index in [4.69, 9.17) is 11.6 Å². The van der Waals surface area contributed by atoms with E-state index in [1.165, 1.54) is 16.8 Å². The van der Waals surface area contributed by atoms with Crippen LogP contribution in [0.15, 0.2) is 48.5 Å². The van der Waals surface area contributed by atoms with E-state index in [9.17, 15) is 9.18 Å². The molecule has 0 atom stereocenters. The number of aromatic nitrogens is 4. The van der Waals surface area contributed by atoms with Crippen molar-refractivity contribution in [3.05, 3.63) is 59.4 Å². The van der Waals surface area contributed by atoms with Gasteiger partial charge in [-0.3, -0.25) is 4.79 Å². The highest BCUT2D eigenvalue weighted by atomic mass is 35.5. The minimum absolute atomic E-state index is 0.110. The predicted molar refractivity (Wildman–Crippen MR) is 83.3 cm³/mol. The number of carbonyl (C=O) groups is 1. The normalized spacial score (nSPS) is 10.5. The fourth-order valence-corrected chi connectivity index (χ4v) is 2.13. The molecule has 116 valence electrons. The predicted octanol–water partition coefficient (Wildman–Crippen LogP) is 2.77. The Hall–Kier alpha value is -2.80. The second-order valence-corrected chi connectivity index (χ2v) is 5.13. The van der Waals surface area contributed by atoms with Gasteiger partial charge in [-0.25, -0.2) is 9.07 Å². The number of benzene rings is 2. The van der Waals surface area contributed by atoms with Crippen molar-refractivity contribution in [2.24, 2.45) is 0 Å². The van der Waals surface area contributed by atoms with Crippen molar-refractivity contribution in [1.82, 2.24) is 20.2 Å². The van der Waals surface area contributed by atoms with Crippen LogP contribution in [0.25, 0.3) is 11.4 Å². The molecule has 8 heteroatoms. The molecule has 0 aliphatic rings. The number of hydrogen-bond donors (Lipinski definition) is 1. The summed E-state index contributed by atoms with van der Waals surface area (Å²) in [6.07, 6.45) is 0. The van der Waals surface area contributed by atoms with Crippen LogP contribution in [0.3, 0.4) is 0 Å². The van der Waals surface area contributed by atoms with Crippen molar-refractivity contribution in [2.45, 2.75) is 6.54 Å². The third-order valence-corrected chi connectivity index (χ3v) is 3.33. The van der Waals surface area contributed by atoms with Crippen LogP contribution in [0.4, 0.5) is 10.1 Å². The van der Waals surface area contributed by atoms with Gasteiger partial charge in [0.25, 0.3) is 0 Å². The monoisotopic (exact) mass is 331 g/mol. The molecule has 1 N–H and O–H groups in total. The lowest BCUT2D eigenvalue weighted by atomic mass is 10.2. The second kappa shape index (κ2) is 6.53. The molecule has 0 aliphatic heterocycles. The standard InChI is InChI=1S/C15H11ClFN5O/c16-11-7-5-10(6-8-11)15-19-20-21-22(15)9-14(23)18-13-4-2-1-3-12(13)17/h1-8H,9H2,(H,18,23). The Morgan fingerprint density at radius 3 is 2.65 bits per heavy atom. The summed E-state index contributed by atoms with van der Waals surface area (Å²) in [4.78, 5) is 12.1. The van der Waals surface area contributed by atoms with Gasteiger partial charge in [0.15, 0.2) is 5.82 Å². The van der Waals surface area contributed by atoms with Crippen LogP contribution in [-0.4, -0.2) is 26.1 Å². The van der Waals surface area contributed by atoms with E-state index in [1.807, 2.05) is 0 Å². The van der Waals surface area contributed by atoms with E-state index < -0.39 is 11.7 Å². The SMILES string of the molecule is O=C(Cn1nnnc1-c1ccc(Cl)cc1)Nc1ccccc1F. The van der Waals surface area contributed by atoms with Crippen LogP contribution in [0, 0.1) is 5.82 Å². The van der Waals surface area contributed by atoms with Gasteiger partial charge in [0.1, 0.15) is 12.4 Å². The average molecular weight is 332 g/mol. The van der Waals surface area contributed by atoms with Gasteiger partial charge in [-0.1, -0.05) is 23.7 Å². The maximum atomic E-state index is 13.5. The highest BCUT2D eigenvalue weighted by Gasteiger charge is 2.13. The molecule has 0 spiro atoms. The molecule has 0 aliphatic carbocycles. The van der Waals surface area contributed by atoms with Gasteiger partial charge >= 0.3 is 0 Å². The van der Waals surface area contributed by atoms with Crippen LogP contribution in [0.5, 0.6) is 0 Å². The molecule has 2 aromatic carbocycles. The van der Waals surface area contributed by atoms with E-state index in [0.717, 1.165) is 5.56 Å². The molecular formula is C15H11ClFN5O. The molecule has 0 saturated heterocycles. The quantitative estimate of drug-likeness (QED) is 0.798. The van der Waals surface area contributed by atoms with E-state index in [1.54, 1.807) is 36.4 Å². The van der Waals surface area contributed by atoms with E-state index in [2.05, 4.69) is 20.8 Å². The Balaban J connectivity index is 1.76. The summed E-state index contributed by atoms with van der Waals surface area (Å²) in [7, 11) is 0. The van der Waals surface area contributed by atoms with Crippen molar-refractivity contribution < 1.29 is 9.18 Å². The number of anilines is 1. The van der Waals surface area contributed by atoms with Gasteiger partial charge in [0.2, 0.25) is 5.91 Å². The van der Waals surface area contributed by atoms with E-state index in [-0.39, 0.29) is 12.2 Å². The van der Waals surface area contributed by atoms with Crippen molar-refractivity contribution in [1.29, 1.82) is 0 Å². The van der Waals surface area contributed by atoms with Crippen molar-refractivity contribution in [2.75, 3.05) is 5.32 Å². The van der Waals surface area contributed by atoms with Crippen LogP contribution in [0.2, 0.25) is 5.02 Å². The lowest BCUT2D eigenvalue weighted by Gasteiger charge is -2.07. The van der Waals surface area contributed by atoms with Crippen LogP contribution >= 0.6 is 11.6 Å². The number of nitrogens with one attached hydrogen (secondary N) is 1. The molecule has 1 heterocycles. The lowest BCUT2D eigenvalue weighted by Crippen LogP contribution is -2.20. The van der Waals surface area contributed by atoms with Gasteiger partial charge in [-0.2, -0.15) is 0 Å². The Bertz CT molecular complexity index is 834. The van der Waals surface area contributed by atoms with Gasteiger partial charge in [0, 0.05) is 10.6 Å². The number of halogens is 2. The fourth-order valence-electron chi connectivity index (χ4n) is 2.01. The summed E-state index contributed by atoms with van der Waals surface area (Å²) >= 11 is 5.84. The minimum atomic E-state index is -0.504. The maximum Gasteiger partial charge on any atom is 0.246 e. The van der Waals surface area contributed by atoms with E-state index in [0.29, 0.717) is 10.8 Å². The largest absolute Gasteiger partial charge is 0.322 e. The molecule has 6 nitrogen and oxygen atoms in total. The third kappa shape index (κ3) is 3.51. The molecule has 0 unspecified atom stereocenters. The first-order valence-electron chi connectivity index (χ1n) is 6.70. The average Bonchev–Trinajstić information content (AvgIpc) is 2.98.